The van der Waals surface area contributed by atoms with Crippen molar-refractivity contribution in [3.63, 3.8) is 0 Å². The first-order valence-electron chi connectivity index (χ1n) is 12.8. The van der Waals surface area contributed by atoms with Crippen molar-refractivity contribution in [3.05, 3.63) is 133 Å². The molecule has 0 aliphatic heterocycles. The van der Waals surface area contributed by atoms with Crippen LogP contribution < -0.4 is 10.3 Å². The lowest BCUT2D eigenvalue weighted by molar-refractivity contribution is -0.385. The Labute approximate surface area is 247 Å². The number of carbonyl (C=O) groups is 1. The first-order valence-corrected chi connectivity index (χ1v) is 13.1. The van der Waals surface area contributed by atoms with Gasteiger partial charge in [-0.1, -0.05) is 54.1 Å². The monoisotopic (exact) mass is 594 g/mol. The fraction of sp³-hybridized carbons (Fsp3) is 0.0323. The van der Waals surface area contributed by atoms with Gasteiger partial charge in [0.1, 0.15) is 12.2 Å². The predicted molar refractivity (Wildman–Crippen MR) is 160 cm³/mol. The second-order valence-electron chi connectivity index (χ2n) is 9.36. The highest BCUT2D eigenvalue weighted by molar-refractivity contribution is 6.31. The maximum atomic E-state index is 13.6. The van der Waals surface area contributed by atoms with Crippen LogP contribution in [-0.2, 0) is 6.61 Å². The molecule has 0 bridgehead atoms. The number of carboxylic acids is 1. The minimum absolute atomic E-state index is 0.0368. The Morgan fingerprint density at radius 2 is 1.86 bits per heavy atom. The van der Waals surface area contributed by atoms with Gasteiger partial charge in [0.2, 0.25) is 11.6 Å². The highest BCUT2D eigenvalue weighted by atomic mass is 35.5. The van der Waals surface area contributed by atoms with Gasteiger partial charge >= 0.3 is 11.7 Å². The zero-order chi connectivity index (χ0) is 30.1. The normalized spacial score (nSPS) is 11.4. The highest BCUT2D eigenvalue weighted by Gasteiger charge is 2.22. The molecule has 0 radical (unpaired) electrons. The number of fused-ring (bicyclic) bond motifs is 2. The molecule has 1 N–H and O–H groups in total. The highest BCUT2D eigenvalue weighted by Crippen LogP contribution is 2.35. The molecule has 0 fully saturated rings. The molecule has 2 heterocycles. The van der Waals surface area contributed by atoms with Gasteiger partial charge in [0.25, 0.3) is 5.56 Å². The molecule has 0 amide bonds. The maximum absolute atomic E-state index is 13.6. The number of nitrogens with zero attached hydrogens (tertiary/aromatic N) is 4. The maximum Gasteiger partial charge on any atom is 0.335 e. The number of furan rings is 1. The van der Waals surface area contributed by atoms with Crippen LogP contribution in [0.15, 0.2) is 105 Å². The van der Waals surface area contributed by atoms with Crippen molar-refractivity contribution in [2.75, 3.05) is 0 Å². The fourth-order valence-electron chi connectivity index (χ4n) is 4.54. The summed E-state index contributed by atoms with van der Waals surface area (Å²) < 4.78 is 12.9. The second-order valence-corrected chi connectivity index (χ2v) is 9.79. The summed E-state index contributed by atoms with van der Waals surface area (Å²) in [4.78, 5) is 40.9. The molecule has 6 aromatic rings. The van der Waals surface area contributed by atoms with E-state index in [0.29, 0.717) is 22.0 Å². The van der Waals surface area contributed by atoms with Gasteiger partial charge in [-0.2, -0.15) is 9.78 Å². The van der Waals surface area contributed by atoms with E-state index in [-0.39, 0.29) is 40.1 Å². The van der Waals surface area contributed by atoms with E-state index in [1.807, 2.05) is 18.2 Å². The van der Waals surface area contributed by atoms with Gasteiger partial charge in [-0.15, -0.1) is 0 Å². The number of aromatic carboxylic acids is 1. The summed E-state index contributed by atoms with van der Waals surface area (Å²) in [5.41, 5.74) is 0.684. The lowest BCUT2D eigenvalue weighted by atomic mass is 10.1. The summed E-state index contributed by atoms with van der Waals surface area (Å²) in [6.07, 6.45) is 1.21. The minimum atomic E-state index is -1.12. The van der Waals surface area contributed by atoms with E-state index < -0.39 is 22.1 Å². The molecule has 0 saturated carbocycles. The van der Waals surface area contributed by atoms with Crippen molar-refractivity contribution < 1.29 is 24.0 Å². The minimum Gasteiger partial charge on any atom is -0.481 e. The lowest BCUT2D eigenvalue weighted by Gasteiger charge is -2.11. The van der Waals surface area contributed by atoms with Gasteiger partial charge in [0.05, 0.1) is 27.6 Å². The Balaban J connectivity index is 1.47. The summed E-state index contributed by atoms with van der Waals surface area (Å²) in [6, 6.07) is 24.3. The summed E-state index contributed by atoms with van der Waals surface area (Å²) in [5, 5.41) is 26.8. The SMILES string of the molecule is O=C(O)c1cccc(COc2c(C=Nn3c(-c4cc5ccccc5o4)nc4ccccc4c3=O)cc(Cl)cc2[N+](=O)[O-])c1. The number of rotatable bonds is 8. The molecular formula is C31H19ClN4O7. The van der Waals surface area contributed by atoms with Gasteiger partial charge in [-0.05, 0) is 48.0 Å². The number of aromatic nitrogens is 2. The number of hydrogen-bond acceptors (Lipinski definition) is 8. The Morgan fingerprint density at radius 3 is 2.65 bits per heavy atom. The molecular weight excluding hydrogens is 576 g/mol. The molecule has 0 unspecified atom stereocenters. The summed E-state index contributed by atoms with van der Waals surface area (Å²) in [5.74, 6) is -0.901. The molecule has 0 aliphatic rings. The zero-order valence-electron chi connectivity index (χ0n) is 22.0. The zero-order valence-corrected chi connectivity index (χ0v) is 22.8. The molecule has 11 nitrogen and oxygen atoms in total. The van der Waals surface area contributed by atoms with Gasteiger partial charge in [-0.3, -0.25) is 14.9 Å². The van der Waals surface area contributed by atoms with Crippen molar-refractivity contribution in [1.29, 1.82) is 0 Å². The smallest absolute Gasteiger partial charge is 0.335 e. The summed E-state index contributed by atoms with van der Waals surface area (Å²) in [6.45, 7) is -0.188. The van der Waals surface area contributed by atoms with E-state index >= 15 is 0 Å². The average Bonchev–Trinajstić information content (AvgIpc) is 3.44. The van der Waals surface area contributed by atoms with Crippen LogP contribution in [0.2, 0.25) is 5.02 Å². The average molecular weight is 595 g/mol. The Bertz CT molecular complexity index is 2120. The van der Waals surface area contributed by atoms with Crippen LogP contribution >= 0.6 is 11.6 Å². The number of nitro benzene ring substituents is 1. The van der Waals surface area contributed by atoms with Crippen molar-refractivity contribution in [2.45, 2.75) is 6.61 Å². The van der Waals surface area contributed by atoms with Gasteiger partial charge in [0.15, 0.2) is 5.76 Å². The Kier molecular flexibility index (Phi) is 7.14. The van der Waals surface area contributed by atoms with E-state index in [4.69, 9.17) is 20.8 Å². The van der Waals surface area contributed by atoms with Crippen molar-refractivity contribution in [3.8, 4) is 17.3 Å². The number of nitro groups is 1. The fourth-order valence-corrected chi connectivity index (χ4v) is 4.76. The van der Waals surface area contributed by atoms with Crippen LogP contribution in [0.4, 0.5) is 5.69 Å². The molecule has 0 atom stereocenters. The Morgan fingerprint density at radius 1 is 1.07 bits per heavy atom. The van der Waals surface area contributed by atoms with E-state index in [2.05, 4.69) is 10.1 Å². The van der Waals surface area contributed by atoms with Gasteiger partial charge in [0, 0.05) is 22.0 Å². The quantitative estimate of drug-likeness (QED) is 0.119. The number of carboxylic acid groups (broad SMARTS) is 1. The number of benzene rings is 4. The number of halogens is 1. The molecule has 2 aromatic heterocycles. The largest absolute Gasteiger partial charge is 0.481 e. The van der Waals surface area contributed by atoms with Gasteiger partial charge in [-0.25, -0.2) is 9.78 Å². The third kappa shape index (κ3) is 5.44. The number of para-hydroxylation sites is 2. The van der Waals surface area contributed by atoms with E-state index in [1.54, 1.807) is 48.5 Å². The standard InChI is InChI=1S/C31H19ClN4O7/c32-22-13-21(28(25(15-22)36(40)41)42-17-18-6-5-8-20(12-18)31(38)39)16-33-35-29(27-14-19-7-1-4-11-26(19)43-27)34-24-10-3-2-9-23(24)30(35)37/h1-16H,17H2,(H,38,39). The molecule has 0 spiro atoms. The molecule has 0 saturated heterocycles. The van der Waals surface area contributed by atoms with Crippen molar-refractivity contribution >= 4 is 51.3 Å². The van der Waals surface area contributed by atoms with Crippen molar-refractivity contribution in [1.82, 2.24) is 9.66 Å². The number of ether oxygens (including phenoxy) is 1. The van der Waals surface area contributed by atoms with Crippen LogP contribution in [0, 0.1) is 10.1 Å². The molecule has 4 aromatic carbocycles. The molecule has 6 rings (SSSR count). The van der Waals surface area contributed by atoms with Crippen LogP contribution in [0.1, 0.15) is 21.5 Å². The van der Waals surface area contributed by atoms with Crippen LogP contribution in [0.3, 0.4) is 0 Å². The first-order chi connectivity index (χ1) is 20.8. The van der Waals surface area contributed by atoms with E-state index in [1.165, 1.54) is 24.4 Å². The molecule has 212 valence electrons. The van der Waals surface area contributed by atoms with Crippen molar-refractivity contribution in [2.24, 2.45) is 5.10 Å². The molecule has 43 heavy (non-hydrogen) atoms. The third-order valence-electron chi connectivity index (χ3n) is 6.53. The Hall–Kier alpha value is -5.81. The topological polar surface area (TPSA) is 150 Å². The van der Waals surface area contributed by atoms with E-state index in [0.717, 1.165) is 16.1 Å². The summed E-state index contributed by atoms with van der Waals surface area (Å²) >= 11 is 6.22. The third-order valence-corrected chi connectivity index (χ3v) is 6.75. The van der Waals surface area contributed by atoms with E-state index in [9.17, 15) is 24.8 Å². The number of hydrogen-bond donors (Lipinski definition) is 1. The van der Waals surface area contributed by atoms with Crippen LogP contribution in [0.5, 0.6) is 5.75 Å². The molecule has 12 heteroatoms. The van der Waals surface area contributed by atoms with Gasteiger partial charge < -0.3 is 14.3 Å². The summed E-state index contributed by atoms with van der Waals surface area (Å²) in [7, 11) is 0. The predicted octanol–water partition coefficient (Wildman–Crippen LogP) is 6.53. The second kappa shape index (κ2) is 11.2. The lowest BCUT2D eigenvalue weighted by Crippen LogP contribution is -2.20. The molecule has 0 aliphatic carbocycles. The van der Waals surface area contributed by atoms with Crippen LogP contribution in [-0.4, -0.2) is 31.9 Å². The van der Waals surface area contributed by atoms with Crippen LogP contribution in [0.25, 0.3) is 33.5 Å². The first kappa shape index (κ1) is 27.4.